The van der Waals surface area contributed by atoms with Crippen molar-refractivity contribution in [3.8, 4) is 5.75 Å². The van der Waals surface area contributed by atoms with Gasteiger partial charge in [-0.15, -0.1) is 0 Å². The number of anilines is 1. The Labute approximate surface area is 273 Å². The Morgan fingerprint density at radius 3 is 2.23 bits per heavy atom. The molecule has 2 aromatic carbocycles. The molecule has 258 valence electrons. The van der Waals surface area contributed by atoms with Gasteiger partial charge in [0.1, 0.15) is 18.0 Å². The molecule has 0 bridgehead atoms. The molecule has 1 heterocycles. The molecule has 2 aliphatic carbocycles. The molecular weight excluding hydrogens is 644 g/mol. The van der Waals surface area contributed by atoms with Gasteiger partial charge in [0, 0.05) is 37.4 Å². The number of nitrogens with zero attached hydrogens (tertiary/aromatic N) is 3. The van der Waals surface area contributed by atoms with Crippen molar-refractivity contribution in [3.05, 3.63) is 69.9 Å². The van der Waals surface area contributed by atoms with Crippen LogP contribution in [0.5, 0.6) is 5.75 Å². The van der Waals surface area contributed by atoms with E-state index in [9.17, 15) is 36.3 Å². The van der Waals surface area contributed by atoms with E-state index in [-0.39, 0.29) is 30.4 Å². The topological polar surface area (TPSA) is 88.5 Å². The molecule has 1 saturated carbocycles. The number of allylic oxidation sites excluding steroid dienone is 1. The molecule has 8 nitrogen and oxygen atoms in total. The van der Waals surface area contributed by atoms with Crippen LogP contribution in [0.1, 0.15) is 70.2 Å². The van der Waals surface area contributed by atoms with E-state index in [1.807, 2.05) is 18.9 Å². The van der Waals surface area contributed by atoms with Gasteiger partial charge in [0.25, 0.3) is 0 Å². The SMILES string of the molecule is CC1CCC(=O)C1(COC(=O)C(C)(C)C)N(c1ccc(C(=O)Oc2c(F)c(F)c(F)c(F)c2F)c(F)c1)C1CCC2=C(C1)CN(C)C=N2. The van der Waals surface area contributed by atoms with Crippen LogP contribution >= 0.6 is 0 Å². The van der Waals surface area contributed by atoms with Crippen LogP contribution in [0.2, 0.25) is 0 Å². The highest BCUT2D eigenvalue weighted by Gasteiger charge is 2.55. The Morgan fingerprint density at radius 1 is 1.00 bits per heavy atom. The fraction of sp³-hybridized carbons (Fsp3) is 0.471. The third-order valence-electron chi connectivity index (χ3n) is 9.20. The first-order valence-corrected chi connectivity index (χ1v) is 15.5. The normalized spacial score (nSPS) is 22.6. The second-order valence-electron chi connectivity index (χ2n) is 13.5. The van der Waals surface area contributed by atoms with Gasteiger partial charge >= 0.3 is 11.9 Å². The van der Waals surface area contributed by atoms with Crippen LogP contribution in [0, 0.1) is 46.2 Å². The van der Waals surface area contributed by atoms with Crippen LogP contribution in [0.4, 0.5) is 32.0 Å². The Balaban J connectivity index is 1.57. The van der Waals surface area contributed by atoms with Gasteiger partial charge in [0.15, 0.2) is 5.78 Å². The van der Waals surface area contributed by atoms with Gasteiger partial charge in [-0.3, -0.25) is 9.59 Å². The van der Waals surface area contributed by atoms with E-state index < -0.39 is 75.2 Å². The summed E-state index contributed by atoms with van der Waals surface area (Å²) in [4.78, 5) is 47.9. The molecule has 0 amide bonds. The van der Waals surface area contributed by atoms with E-state index in [2.05, 4.69) is 9.73 Å². The molecule has 1 fully saturated rings. The first-order chi connectivity index (χ1) is 22.5. The van der Waals surface area contributed by atoms with Gasteiger partial charge in [-0.25, -0.2) is 27.3 Å². The van der Waals surface area contributed by atoms with Crippen LogP contribution in [0.15, 0.2) is 34.5 Å². The van der Waals surface area contributed by atoms with Gasteiger partial charge in [-0.05, 0) is 76.1 Å². The predicted octanol–water partition coefficient (Wildman–Crippen LogP) is 6.65. The highest BCUT2D eigenvalue weighted by Crippen LogP contribution is 2.46. The molecule has 3 unspecified atom stereocenters. The summed E-state index contributed by atoms with van der Waals surface area (Å²) in [5, 5.41) is 0. The lowest BCUT2D eigenvalue weighted by Gasteiger charge is -2.50. The minimum absolute atomic E-state index is 0.149. The molecule has 5 rings (SSSR count). The quantitative estimate of drug-likeness (QED) is 0.106. The monoisotopic (exact) mass is 679 g/mol. The van der Waals surface area contributed by atoms with Crippen LogP contribution in [0.3, 0.4) is 0 Å². The number of carbonyl (C=O) groups excluding carboxylic acids is 3. The molecule has 0 saturated heterocycles. The number of benzene rings is 2. The van der Waals surface area contributed by atoms with Gasteiger partial charge in [0.05, 0.1) is 17.3 Å². The van der Waals surface area contributed by atoms with Crippen molar-refractivity contribution in [2.45, 2.75) is 71.4 Å². The molecule has 0 radical (unpaired) electrons. The van der Waals surface area contributed by atoms with E-state index in [0.29, 0.717) is 32.2 Å². The maximum atomic E-state index is 15.8. The molecule has 2 aromatic rings. The molecule has 0 N–H and O–H groups in total. The molecule has 3 atom stereocenters. The van der Waals surface area contributed by atoms with Gasteiger partial charge in [0.2, 0.25) is 34.8 Å². The first-order valence-electron chi connectivity index (χ1n) is 15.5. The number of Topliss-reactive ketones (excluding diaryl/α,β-unsaturated/α-hetero) is 1. The van der Waals surface area contributed by atoms with Crippen molar-refractivity contribution in [3.63, 3.8) is 0 Å². The Hall–Kier alpha value is -4.36. The summed E-state index contributed by atoms with van der Waals surface area (Å²) in [5.41, 5.74) is -1.08. The molecule has 48 heavy (non-hydrogen) atoms. The summed E-state index contributed by atoms with van der Waals surface area (Å²) in [5.74, 6) is -17.9. The van der Waals surface area contributed by atoms with E-state index in [0.717, 1.165) is 23.4 Å². The van der Waals surface area contributed by atoms with Crippen molar-refractivity contribution < 1.29 is 50.2 Å². The Kier molecular flexibility index (Phi) is 9.41. The summed E-state index contributed by atoms with van der Waals surface area (Å²) in [6.45, 7) is 7.13. The number of ether oxygens (including phenoxy) is 2. The Morgan fingerprint density at radius 2 is 1.65 bits per heavy atom. The second-order valence-corrected chi connectivity index (χ2v) is 13.5. The van der Waals surface area contributed by atoms with E-state index >= 15 is 4.39 Å². The average molecular weight is 680 g/mol. The number of halogens is 6. The maximum Gasteiger partial charge on any atom is 0.346 e. The first kappa shape index (κ1) is 35.0. The van der Waals surface area contributed by atoms with Crippen molar-refractivity contribution >= 4 is 29.7 Å². The average Bonchev–Trinajstić information content (AvgIpc) is 3.32. The molecular formula is C34H35F6N3O5. The van der Waals surface area contributed by atoms with Crippen molar-refractivity contribution in [1.29, 1.82) is 0 Å². The second kappa shape index (κ2) is 12.9. The van der Waals surface area contributed by atoms with Gasteiger partial charge in [-0.1, -0.05) is 6.92 Å². The molecule has 1 aliphatic heterocycles. The van der Waals surface area contributed by atoms with E-state index in [1.54, 1.807) is 32.0 Å². The van der Waals surface area contributed by atoms with Gasteiger partial charge < -0.3 is 19.3 Å². The van der Waals surface area contributed by atoms with Crippen molar-refractivity contribution in [2.75, 3.05) is 25.1 Å². The van der Waals surface area contributed by atoms with E-state index in [1.165, 1.54) is 6.07 Å². The zero-order valence-electron chi connectivity index (χ0n) is 27.1. The minimum atomic E-state index is -2.45. The number of ketones is 1. The summed E-state index contributed by atoms with van der Waals surface area (Å²) < 4.78 is 95.4. The van der Waals surface area contributed by atoms with Crippen LogP contribution in [-0.4, -0.2) is 60.7 Å². The van der Waals surface area contributed by atoms with Crippen molar-refractivity contribution in [1.82, 2.24) is 4.90 Å². The van der Waals surface area contributed by atoms with Crippen LogP contribution < -0.4 is 9.64 Å². The Bertz CT molecular complexity index is 1710. The number of aliphatic imine (C=N–C) groups is 1. The van der Waals surface area contributed by atoms with Crippen molar-refractivity contribution in [2.24, 2.45) is 16.3 Å². The smallest absolute Gasteiger partial charge is 0.346 e. The number of esters is 2. The summed E-state index contributed by atoms with van der Waals surface area (Å²) in [6, 6.07) is 2.78. The van der Waals surface area contributed by atoms with E-state index in [4.69, 9.17) is 4.74 Å². The van der Waals surface area contributed by atoms with Crippen LogP contribution in [0.25, 0.3) is 0 Å². The lowest BCUT2D eigenvalue weighted by atomic mass is 9.80. The number of carbonyl (C=O) groups is 3. The zero-order valence-corrected chi connectivity index (χ0v) is 27.1. The minimum Gasteiger partial charge on any atom is -0.462 e. The number of hydrogen-bond acceptors (Lipinski definition) is 8. The number of likely N-dealkylation sites (N-methyl/N-ethyl adjacent to an activating group) is 1. The largest absolute Gasteiger partial charge is 0.462 e. The highest BCUT2D eigenvalue weighted by atomic mass is 19.2. The highest BCUT2D eigenvalue weighted by molar-refractivity contribution is 5.96. The maximum absolute atomic E-state index is 15.8. The lowest BCUT2D eigenvalue weighted by Crippen LogP contribution is -2.63. The summed E-state index contributed by atoms with van der Waals surface area (Å²) in [7, 11) is 1.87. The fourth-order valence-corrected chi connectivity index (χ4v) is 6.57. The predicted molar refractivity (Wildman–Crippen MR) is 162 cm³/mol. The molecule has 0 spiro atoms. The summed E-state index contributed by atoms with van der Waals surface area (Å²) >= 11 is 0. The fourth-order valence-electron chi connectivity index (χ4n) is 6.57. The van der Waals surface area contributed by atoms with Gasteiger partial charge in [-0.2, -0.15) is 8.78 Å². The number of hydrogen-bond donors (Lipinski definition) is 0. The standard InChI is InChI=1S/C34H35F6N3O5/c1-17-6-11-24(44)34(17,15-47-32(46)33(2,3)4)43(19-8-10-23-18(12-19)14-42(5)16-41-23)20-7-9-21(22(35)13-20)31(45)48-30-28(39)26(37)25(36)27(38)29(30)40/h7,9,13,16-17,19H,6,8,10-12,14-15H2,1-5H3. The third kappa shape index (κ3) is 6.16. The lowest BCUT2D eigenvalue weighted by molar-refractivity contribution is -0.156. The summed E-state index contributed by atoms with van der Waals surface area (Å²) in [6.07, 6.45) is 3.86. The molecule has 14 heteroatoms. The molecule has 0 aromatic heterocycles. The molecule has 3 aliphatic rings. The zero-order chi connectivity index (χ0) is 35.3. The third-order valence-corrected chi connectivity index (χ3v) is 9.20. The number of rotatable bonds is 7. The van der Waals surface area contributed by atoms with Crippen LogP contribution in [-0.2, 0) is 14.3 Å².